The van der Waals surface area contributed by atoms with Crippen molar-refractivity contribution in [2.45, 2.75) is 46.7 Å². The van der Waals surface area contributed by atoms with Crippen LogP contribution in [-0.4, -0.2) is 22.9 Å². The van der Waals surface area contributed by atoms with Gasteiger partial charge in [-0.3, -0.25) is 4.79 Å². The highest BCUT2D eigenvalue weighted by Gasteiger charge is 2.21. The van der Waals surface area contributed by atoms with Crippen molar-refractivity contribution >= 4 is 21.8 Å². The van der Waals surface area contributed by atoms with Gasteiger partial charge in [-0.15, -0.1) is 0 Å². The van der Waals surface area contributed by atoms with Gasteiger partial charge < -0.3 is 4.90 Å². The van der Waals surface area contributed by atoms with Crippen molar-refractivity contribution in [3.8, 4) is 0 Å². The van der Waals surface area contributed by atoms with E-state index in [1.54, 1.807) is 0 Å². The molecule has 0 spiro atoms. The average molecular weight is 298 g/mol. The third-order valence-electron chi connectivity index (χ3n) is 2.77. The fourth-order valence-electron chi connectivity index (χ4n) is 1.94. The van der Waals surface area contributed by atoms with E-state index in [-0.39, 0.29) is 18.0 Å². The Morgan fingerprint density at radius 1 is 1.18 bits per heavy atom. The van der Waals surface area contributed by atoms with E-state index in [1.165, 1.54) is 0 Å². The molecule has 0 heterocycles. The number of hydrogen-bond donors (Lipinski definition) is 0. The smallest absolute Gasteiger partial charge is 0.254 e. The van der Waals surface area contributed by atoms with Crippen LogP contribution in [0, 0.1) is 6.92 Å². The second kappa shape index (κ2) is 5.67. The van der Waals surface area contributed by atoms with Crippen LogP contribution in [0.3, 0.4) is 0 Å². The lowest BCUT2D eigenvalue weighted by atomic mass is 10.1. The molecule has 0 aliphatic rings. The molecule has 0 aliphatic carbocycles. The Balaban J connectivity index is 3.06. The Morgan fingerprint density at radius 3 is 2.12 bits per heavy atom. The van der Waals surface area contributed by atoms with Crippen LogP contribution in [0.4, 0.5) is 0 Å². The third kappa shape index (κ3) is 3.32. The minimum atomic E-state index is 0.0932. The fourth-order valence-corrected chi connectivity index (χ4v) is 2.32. The van der Waals surface area contributed by atoms with E-state index in [0.717, 1.165) is 15.6 Å². The van der Waals surface area contributed by atoms with Gasteiger partial charge in [-0.1, -0.05) is 22.0 Å². The summed E-state index contributed by atoms with van der Waals surface area (Å²) in [5, 5.41) is 0. The lowest BCUT2D eigenvalue weighted by Crippen LogP contribution is -2.42. The maximum absolute atomic E-state index is 12.4. The van der Waals surface area contributed by atoms with Crippen LogP contribution in [-0.2, 0) is 0 Å². The quantitative estimate of drug-likeness (QED) is 0.825. The van der Waals surface area contributed by atoms with Gasteiger partial charge >= 0.3 is 0 Å². The molecule has 0 aliphatic heterocycles. The number of benzene rings is 1. The molecular weight excluding hydrogens is 278 g/mol. The summed E-state index contributed by atoms with van der Waals surface area (Å²) < 4.78 is 0.982. The number of nitrogens with zero attached hydrogens (tertiary/aromatic N) is 1. The van der Waals surface area contributed by atoms with Gasteiger partial charge in [0.1, 0.15) is 0 Å². The maximum Gasteiger partial charge on any atom is 0.254 e. The van der Waals surface area contributed by atoms with E-state index in [2.05, 4.69) is 15.9 Å². The average Bonchev–Trinajstić information content (AvgIpc) is 2.20. The van der Waals surface area contributed by atoms with Crippen LogP contribution in [0.25, 0.3) is 0 Å². The first-order valence-corrected chi connectivity index (χ1v) is 6.72. The molecule has 17 heavy (non-hydrogen) atoms. The molecule has 0 N–H and O–H groups in total. The summed E-state index contributed by atoms with van der Waals surface area (Å²) in [6, 6.07) is 6.18. The number of hydrogen-bond acceptors (Lipinski definition) is 1. The molecule has 0 atom stereocenters. The zero-order chi connectivity index (χ0) is 13.2. The molecule has 2 nitrogen and oxygen atoms in total. The Kier molecular flexibility index (Phi) is 4.75. The van der Waals surface area contributed by atoms with E-state index in [1.807, 2.05) is 57.7 Å². The first-order valence-electron chi connectivity index (χ1n) is 5.93. The van der Waals surface area contributed by atoms with Crippen molar-refractivity contribution < 1.29 is 4.79 Å². The summed E-state index contributed by atoms with van der Waals surface area (Å²) in [7, 11) is 0. The number of aryl methyl sites for hydroxylation is 1. The predicted molar refractivity (Wildman–Crippen MR) is 75.3 cm³/mol. The van der Waals surface area contributed by atoms with Gasteiger partial charge in [-0.05, 0) is 52.3 Å². The Hall–Kier alpha value is -0.830. The second-order valence-corrected chi connectivity index (χ2v) is 5.72. The molecule has 94 valence electrons. The largest absolute Gasteiger partial charge is 0.334 e. The van der Waals surface area contributed by atoms with Gasteiger partial charge in [0.05, 0.1) is 0 Å². The second-order valence-electron chi connectivity index (χ2n) is 4.86. The molecule has 0 radical (unpaired) electrons. The van der Waals surface area contributed by atoms with Crippen LogP contribution in [0.1, 0.15) is 43.6 Å². The Labute approximate surface area is 112 Å². The summed E-state index contributed by atoms with van der Waals surface area (Å²) in [6.07, 6.45) is 0. The third-order valence-corrected chi connectivity index (χ3v) is 3.62. The highest BCUT2D eigenvalue weighted by atomic mass is 79.9. The lowest BCUT2D eigenvalue weighted by Gasteiger charge is -2.31. The lowest BCUT2D eigenvalue weighted by molar-refractivity contribution is 0.0643. The van der Waals surface area contributed by atoms with Crippen molar-refractivity contribution in [3.05, 3.63) is 33.8 Å². The Morgan fingerprint density at radius 2 is 1.71 bits per heavy atom. The zero-order valence-corrected chi connectivity index (χ0v) is 12.7. The number of rotatable bonds is 3. The number of carbonyl (C=O) groups is 1. The van der Waals surface area contributed by atoms with E-state index < -0.39 is 0 Å². The van der Waals surface area contributed by atoms with Gasteiger partial charge in [0.25, 0.3) is 5.91 Å². The van der Waals surface area contributed by atoms with Crippen molar-refractivity contribution in [2.24, 2.45) is 0 Å². The van der Waals surface area contributed by atoms with Gasteiger partial charge in [0, 0.05) is 22.1 Å². The predicted octanol–water partition coefficient (Wildman–Crippen LogP) is 4.02. The van der Waals surface area contributed by atoms with Gasteiger partial charge in [0.15, 0.2) is 0 Å². The van der Waals surface area contributed by atoms with E-state index in [4.69, 9.17) is 0 Å². The number of carbonyl (C=O) groups excluding carboxylic acids is 1. The van der Waals surface area contributed by atoms with Crippen molar-refractivity contribution in [3.63, 3.8) is 0 Å². The molecule has 1 amide bonds. The zero-order valence-electron chi connectivity index (χ0n) is 11.1. The minimum Gasteiger partial charge on any atom is -0.334 e. The summed E-state index contributed by atoms with van der Waals surface area (Å²) in [5.41, 5.74) is 1.88. The SMILES string of the molecule is Cc1ccc(C(=O)N(C(C)C)C(C)C)cc1Br. The van der Waals surface area contributed by atoms with Gasteiger partial charge in [-0.2, -0.15) is 0 Å². The molecule has 1 aromatic rings. The summed E-state index contributed by atoms with van der Waals surface area (Å²) in [4.78, 5) is 14.3. The molecule has 1 aromatic carbocycles. The molecule has 3 heteroatoms. The summed E-state index contributed by atoms with van der Waals surface area (Å²) in [5.74, 6) is 0.0932. The first kappa shape index (κ1) is 14.2. The Bertz CT molecular complexity index is 405. The normalized spacial score (nSPS) is 11.1. The first-order chi connectivity index (χ1) is 7.84. The maximum atomic E-state index is 12.4. The summed E-state index contributed by atoms with van der Waals surface area (Å²) >= 11 is 3.47. The molecule has 1 rings (SSSR count). The summed E-state index contributed by atoms with van der Waals surface area (Å²) in [6.45, 7) is 10.2. The van der Waals surface area contributed by atoms with Crippen LogP contribution in [0.2, 0.25) is 0 Å². The highest BCUT2D eigenvalue weighted by molar-refractivity contribution is 9.10. The molecule has 0 aromatic heterocycles. The molecule has 0 bridgehead atoms. The molecule has 0 fully saturated rings. The van der Waals surface area contributed by atoms with E-state index in [0.29, 0.717) is 0 Å². The standard InChI is InChI=1S/C14H20BrNO/c1-9(2)16(10(3)4)14(17)12-7-6-11(5)13(15)8-12/h6-10H,1-5H3. The van der Waals surface area contributed by atoms with Gasteiger partial charge in [-0.25, -0.2) is 0 Å². The van der Waals surface area contributed by atoms with Crippen LogP contribution < -0.4 is 0 Å². The van der Waals surface area contributed by atoms with Crippen LogP contribution in [0.5, 0.6) is 0 Å². The van der Waals surface area contributed by atoms with E-state index in [9.17, 15) is 4.79 Å². The van der Waals surface area contributed by atoms with Crippen molar-refractivity contribution in [1.29, 1.82) is 0 Å². The molecule has 0 unspecified atom stereocenters. The molecule has 0 saturated heterocycles. The van der Waals surface area contributed by atoms with Crippen molar-refractivity contribution in [2.75, 3.05) is 0 Å². The van der Waals surface area contributed by atoms with E-state index >= 15 is 0 Å². The number of halogens is 1. The van der Waals surface area contributed by atoms with Crippen LogP contribution in [0.15, 0.2) is 22.7 Å². The molecular formula is C14H20BrNO. The monoisotopic (exact) mass is 297 g/mol. The fraction of sp³-hybridized carbons (Fsp3) is 0.500. The topological polar surface area (TPSA) is 20.3 Å². The van der Waals surface area contributed by atoms with Crippen molar-refractivity contribution in [1.82, 2.24) is 4.90 Å². The molecule has 0 saturated carbocycles. The minimum absolute atomic E-state index is 0.0932. The van der Waals surface area contributed by atoms with Gasteiger partial charge in [0.2, 0.25) is 0 Å². The number of amides is 1. The highest BCUT2D eigenvalue weighted by Crippen LogP contribution is 2.20. The van der Waals surface area contributed by atoms with Crippen LogP contribution >= 0.6 is 15.9 Å².